The summed E-state index contributed by atoms with van der Waals surface area (Å²) >= 11 is 0. The van der Waals surface area contributed by atoms with Crippen LogP contribution in [0.3, 0.4) is 0 Å². The van der Waals surface area contributed by atoms with Crippen molar-refractivity contribution in [2.75, 3.05) is 0 Å². The van der Waals surface area contributed by atoms with Gasteiger partial charge >= 0.3 is 0 Å². The first-order valence-corrected chi connectivity index (χ1v) is 19.2. The van der Waals surface area contributed by atoms with Gasteiger partial charge in [-0.25, -0.2) is 15.0 Å². The summed E-state index contributed by atoms with van der Waals surface area (Å²) in [6, 6.07) is 63.6. The summed E-state index contributed by atoms with van der Waals surface area (Å²) < 4.78 is 12.7. The van der Waals surface area contributed by atoms with Crippen molar-refractivity contribution in [3.05, 3.63) is 211 Å². The number of furan rings is 1. The van der Waals surface area contributed by atoms with Gasteiger partial charge in [0.1, 0.15) is 17.1 Å². The summed E-state index contributed by atoms with van der Waals surface area (Å²) in [6.07, 6.45) is 1.79. The average molecular weight is 730 g/mol. The molecule has 8 aromatic carbocycles. The number of ether oxygens (including phenoxy) is 1. The summed E-state index contributed by atoms with van der Waals surface area (Å²) in [5, 5.41) is 3.37. The Kier molecular flexibility index (Phi) is 6.78. The molecule has 0 bridgehead atoms. The lowest BCUT2D eigenvalue weighted by atomic mass is 9.66. The van der Waals surface area contributed by atoms with E-state index in [0.717, 1.165) is 72.2 Å². The van der Waals surface area contributed by atoms with Gasteiger partial charge < -0.3 is 9.15 Å². The highest BCUT2D eigenvalue weighted by molar-refractivity contribution is 6.03. The zero-order valence-corrected chi connectivity index (χ0v) is 30.6. The van der Waals surface area contributed by atoms with Crippen LogP contribution in [0.4, 0.5) is 0 Å². The number of hydrogen-bond donors (Lipinski definition) is 0. The third-order valence-electron chi connectivity index (χ3n) is 11.7. The molecule has 5 heteroatoms. The average Bonchev–Trinajstić information content (AvgIpc) is 3.88. The smallest absolute Gasteiger partial charge is 0.164 e. The second-order valence-electron chi connectivity index (χ2n) is 14.7. The lowest BCUT2D eigenvalue weighted by Crippen LogP contribution is -2.32. The molecule has 1 atom stereocenters. The van der Waals surface area contributed by atoms with E-state index in [9.17, 15) is 0 Å². The molecule has 2 aliphatic rings. The molecule has 1 unspecified atom stereocenters. The predicted molar refractivity (Wildman–Crippen MR) is 226 cm³/mol. The summed E-state index contributed by atoms with van der Waals surface area (Å²) in [4.78, 5) is 15.1. The van der Waals surface area contributed by atoms with Crippen LogP contribution in [0.5, 0.6) is 11.5 Å². The Morgan fingerprint density at radius 1 is 0.386 bits per heavy atom. The second kappa shape index (κ2) is 12.2. The maximum atomic E-state index is 6.82. The molecular weight excluding hydrogens is 699 g/mol. The Morgan fingerprint density at radius 2 is 1.02 bits per heavy atom. The highest BCUT2D eigenvalue weighted by Crippen LogP contribution is 2.63. The fourth-order valence-electron chi connectivity index (χ4n) is 9.20. The lowest BCUT2D eigenvalue weighted by molar-refractivity contribution is 0.436. The molecular formula is C52H31N3O2. The number of nitrogens with zero attached hydrogens (tertiary/aromatic N) is 3. The van der Waals surface area contributed by atoms with Crippen LogP contribution in [-0.4, -0.2) is 15.0 Å². The molecule has 57 heavy (non-hydrogen) atoms. The fraction of sp³-hybridized carbons (Fsp3) is 0.0192. The van der Waals surface area contributed by atoms with Gasteiger partial charge in [-0.1, -0.05) is 158 Å². The van der Waals surface area contributed by atoms with Crippen LogP contribution < -0.4 is 4.74 Å². The molecule has 266 valence electrons. The first-order valence-electron chi connectivity index (χ1n) is 19.2. The first kappa shape index (κ1) is 31.7. The van der Waals surface area contributed by atoms with Gasteiger partial charge in [-0.3, -0.25) is 0 Å². The van der Waals surface area contributed by atoms with Crippen molar-refractivity contribution in [2.45, 2.75) is 5.41 Å². The van der Waals surface area contributed by atoms with Gasteiger partial charge in [0, 0.05) is 33.2 Å². The number of para-hydroxylation sites is 1. The summed E-state index contributed by atoms with van der Waals surface area (Å²) in [7, 11) is 0. The maximum Gasteiger partial charge on any atom is 0.164 e. The molecule has 1 aliphatic carbocycles. The minimum atomic E-state index is -0.555. The van der Waals surface area contributed by atoms with Crippen LogP contribution >= 0.6 is 0 Å². The van der Waals surface area contributed by atoms with E-state index in [1.807, 2.05) is 30.3 Å². The molecule has 0 saturated heterocycles. The minimum Gasteiger partial charge on any atom is -0.464 e. The normalized spacial score (nSPS) is 14.9. The topological polar surface area (TPSA) is 61.0 Å². The molecule has 0 saturated carbocycles. The van der Waals surface area contributed by atoms with Gasteiger partial charge in [-0.05, 0) is 68.4 Å². The van der Waals surface area contributed by atoms with Gasteiger partial charge in [0.05, 0.1) is 11.7 Å². The van der Waals surface area contributed by atoms with Crippen LogP contribution in [0.2, 0.25) is 0 Å². The van der Waals surface area contributed by atoms with Gasteiger partial charge in [-0.2, -0.15) is 0 Å². The monoisotopic (exact) mass is 729 g/mol. The van der Waals surface area contributed by atoms with E-state index in [-0.39, 0.29) is 0 Å². The Labute approximate surface area is 328 Å². The van der Waals surface area contributed by atoms with Crippen LogP contribution in [0.15, 0.2) is 193 Å². The maximum absolute atomic E-state index is 6.82. The van der Waals surface area contributed by atoms with Gasteiger partial charge in [-0.15, -0.1) is 0 Å². The molecule has 0 N–H and O–H groups in total. The van der Waals surface area contributed by atoms with Crippen molar-refractivity contribution in [1.82, 2.24) is 15.0 Å². The Hall–Kier alpha value is -7.63. The molecule has 5 nitrogen and oxygen atoms in total. The standard InChI is InChI=1S/C52H31N3O2/c1-2-12-34(13-3-1)49-53-50(55-51(54-49)38-17-10-14-33-11-4-5-15-37(33)38)35-23-21-32(22-24-35)36-25-26-43-47(31-36)57-46-20-9-8-19-42(46)52(43)41-18-7-6-16-39(41)48-40-29-30-56-45(40)28-27-44(48)52/h1-31H. The van der Waals surface area contributed by atoms with E-state index in [1.165, 1.54) is 22.3 Å². The van der Waals surface area contributed by atoms with Crippen LogP contribution in [-0.2, 0) is 5.41 Å². The number of hydrogen-bond acceptors (Lipinski definition) is 5. The van der Waals surface area contributed by atoms with E-state index in [1.54, 1.807) is 6.26 Å². The van der Waals surface area contributed by atoms with Crippen molar-refractivity contribution in [3.63, 3.8) is 0 Å². The first-order chi connectivity index (χ1) is 28.2. The molecule has 0 fully saturated rings. The molecule has 0 amide bonds. The highest BCUT2D eigenvalue weighted by Gasteiger charge is 2.51. The Balaban J connectivity index is 0.982. The molecule has 12 rings (SSSR count). The van der Waals surface area contributed by atoms with Gasteiger partial charge in [0.25, 0.3) is 0 Å². The Bertz CT molecular complexity index is 3220. The molecule has 0 radical (unpaired) electrons. The van der Waals surface area contributed by atoms with E-state index in [2.05, 4.69) is 152 Å². The summed E-state index contributed by atoms with van der Waals surface area (Å²) in [6.45, 7) is 0. The van der Waals surface area contributed by atoms with Gasteiger partial charge in [0.2, 0.25) is 0 Å². The second-order valence-corrected chi connectivity index (χ2v) is 14.7. The van der Waals surface area contributed by atoms with Crippen molar-refractivity contribution >= 4 is 21.7 Å². The Morgan fingerprint density at radius 3 is 1.89 bits per heavy atom. The van der Waals surface area contributed by atoms with Crippen LogP contribution in [0.1, 0.15) is 22.3 Å². The number of fused-ring (bicyclic) bond motifs is 12. The van der Waals surface area contributed by atoms with Crippen molar-refractivity contribution in [1.29, 1.82) is 0 Å². The molecule has 2 aromatic heterocycles. The third kappa shape index (κ3) is 4.66. The third-order valence-corrected chi connectivity index (χ3v) is 11.7. The zero-order valence-electron chi connectivity index (χ0n) is 30.6. The van der Waals surface area contributed by atoms with E-state index in [0.29, 0.717) is 17.5 Å². The molecule has 1 spiro atoms. The SMILES string of the molecule is c1ccc(-c2nc(-c3ccc(-c4ccc5c(c4)Oc4ccccc4C54c5ccccc5-c5c4ccc4occc54)cc3)nc(-c3cccc4ccccc34)n2)cc1. The molecule has 10 aromatic rings. The van der Waals surface area contributed by atoms with Crippen molar-refractivity contribution in [3.8, 4) is 67.9 Å². The van der Waals surface area contributed by atoms with E-state index in [4.69, 9.17) is 24.1 Å². The summed E-state index contributed by atoms with van der Waals surface area (Å²) in [5.74, 6) is 3.60. The lowest BCUT2D eigenvalue weighted by Gasteiger charge is -2.39. The zero-order chi connectivity index (χ0) is 37.5. The van der Waals surface area contributed by atoms with Crippen molar-refractivity contribution < 1.29 is 9.15 Å². The predicted octanol–water partition coefficient (Wildman–Crippen LogP) is 12.9. The minimum absolute atomic E-state index is 0.555. The van der Waals surface area contributed by atoms with Crippen molar-refractivity contribution in [2.24, 2.45) is 0 Å². The van der Waals surface area contributed by atoms with Gasteiger partial charge in [0.15, 0.2) is 17.5 Å². The highest BCUT2D eigenvalue weighted by atomic mass is 16.5. The number of benzene rings is 8. The molecule has 1 aliphatic heterocycles. The summed E-state index contributed by atoms with van der Waals surface area (Å²) in [5.41, 5.74) is 12.5. The largest absolute Gasteiger partial charge is 0.464 e. The van der Waals surface area contributed by atoms with Crippen LogP contribution in [0.25, 0.3) is 78.2 Å². The number of aromatic nitrogens is 3. The fourth-order valence-corrected chi connectivity index (χ4v) is 9.20. The quantitative estimate of drug-likeness (QED) is 0.180. The van der Waals surface area contributed by atoms with Crippen LogP contribution in [0, 0.1) is 0 Å². The van der Waals surface area contributed by atoms with E-state index >= 15 is 0 Å². The van der Waals surface area contributed by atoms with E-state index < -0.39 is 5.41 Å². The number of rotatable bonds is 4. The molecule has 3 heterocycles.